The van der Waals surface area contributed by atoms with E-state index in [1.54, 1.807) is 0 Å². The molecule has 20 heavy (non-hydrogen) atoms. The number of methoxy groups -OCH3 is 1. The molecule has 2 rings (SSSR count). The lowest BCUT2D eigenvalue weighted by Crippen LogP contribution is -2.46. The highest BCUT2D eigenvalue weighted by Crippen LogP contribution is 2.39. The van der Waals surface area contributed by atoms with Gasteiger partial charge in [-0.2, -0.15) is 0 Å². The summed E-state index contributed by atoms with van der Waals surface area (Å²) in [5, 5.41) is 5.00. The number of rotatable bonds is 7. The van der Waals surface area contributed by atoms with Crippen LogP contribution in [0, 0.1) is 0 Å². The molecule has 112 valence electrons. The van der Waals surface area contributed by atoms with E-state index in [4.69, 9.17) is 27.9 Å². The first-order chi connectivity index (χ1) is 9.58. The molecule has 1 aromatic rings. The van der Waals surface area contributed by atoms with Crippen LogP contribution >= 0.6 is 23.2 Å². The van der Waals surface area contributed by atoms with Crippen LogP contribution in [0.15, 0.2) is 18.2 Å². The van der Waals surface area contributed by atoms with E-state index >= 15 is 0 Å². The summed E-state index contributed by atoms with van der Waals surface area (Å²) in [6.07, 6.45) is 5.55. The second-order valence-electron chi connectivity index (χ2n) is 5.64. The molecule has 1 unspecified atom stereocenters. The zero-order valence-electron chi connectivity index (χ0n) is 12.2. The van der Waals surface area contributed by atoms with E-state index in [0.717, 1.165) is 30.0 Å². The molecule has 0 amide bonds. The quantitative estimate of drug-likeness (QED) is 0.801. The number of likely N-dealkylation sites (N-methyl/N-ethyl adjacent to an activating group) is 1. The van der Waals surface area contributed by atoms with Gasteiger partial charge in [-0.25, -0.2) is 0 Å². The molecule has 0 spiro atoms. The van der Waals surface area contributed by atoms with Crippen molar-refractivity contribution in [3.8, 4) is 0 Å². The molecular formula is C16H23Cl2NO. The maximum absolute atomic E-state index is 6.28. The lowest BCUT2D eigenvalue weighted by Gasteiger charge is -2.43. The van der Waals surface area contributed by atoms with Crippen molar-refractivity contribution < 1.29 is 4.74 Å². The van der Waals surface area contributed by atoms with Gasteiger partial charge >= 0.3 is 0 Å². The Labute approximate surface area is 131 Å². The maximum Gasteiger partial charge on any atom is 0.0693 e. The Bertz CT molecular complexity index is 441. The summed E-state index contributed by atoms with van der Waals surface area (Å²) in [7, 11) is 1.83. The van der Waals surface area contributed by atoms with Crippen molar-refractivity contribution in [2.45, 2.75) is 50.7 Å². The van der Waals surface area contributed by atoms with Crippen molar-refractivity contribution in [1.82, 2.24) is 5.32 Å². The molecule has 4 heteroatoms. The van der Waals surface area contributed by atoms with Crippen molar-refractivity contribution in [2.24, 2.45) is 0 Å². The second-order valence-corrected chi connectivity index (χ2v) is 6.48. The highest BCUT2D eigenvalue weighted by Gasteiger charge is 2.38. The molecule has 0 bridgehead atoms. The fourth-order valence-electron chi connectivity index (χ4n) is 2.97. The zero-order chi connectivity index (χ0) is 14.6. The smallest absolute Gasteiger partial charge is 0.0693 e. The van der Waals surface area contributed by atoms with Crippen LogP contribution in [0.1, 0.15) is 38.2 Å². The summed E-state index contributed by atoms with van der Waals surface area (Å²) in [5.74, 6) is 0. The van der Waals surface area contributed by atoms with Gasteiger partial charge < -0.3 is 10.1 Å². The van der Waals surface area contributed by atoms with Crippen molar-refractivity contribution in [1.29, 1.82) is 0 Å². The average molecular weight is 316 g/mol. The molecule has 1 N–H and O–H groups in total. The van der Waals surface area contributed by atoms with Crippen LogP contribution in [0.5, 0.6) is 0 Å². The topological polar surface area (TPSA) is 21.3 Å². The highest BCUT2D eigenvalue weighted by molar-refractivity contribution is 6.35. The number of benzene rings is 1. The maximum atomic E-state index is 6.28. The summed E-state index contributed by atoms with van der Waals surface area (Å²) in [4.78, 5) is 0. The van der Waals surface area contributed by atoms with Crippen LogP contribution in [0.4, 0.5) is 0 Å². The predicted molar refractivity (Wildman–Crippen MR) is 85.8 cm³/mol. The third-order valence-electron chi connectivity index (χ3n) is 4.29. The number of hydrogen-bond donors (Lipinski definition) is 1. The Morgan fingerprint density at radius 1 is 1.35 bits per heavy atom. The molecular weight excluding hydrogens is 293 g/mol. The van der Waals surface area contributed by atoms with E-state index in [9.17, 15) is 0 Å². The lowest BCUT2D eigenvalue weighted by atomic mass is 9.75. The third-order valence-corrected chi connectivity index (χ3v) is 4.88. The van der Waals surface area contributed by atoms with Gasteiger partial charge in [-0.05, 0) is 56.3 Å². The van der Waals surface area contributed by atoms with Crippen molar-refractivity contribution in [3.05, 3.63) is 33.8 Å². The summed E-state index contributed by atoms with van der Waals surface area (Å²) < 4.78 is 5.74. The standard InChI is InChI=1S/C16H23Cl2NO/c1-3-19-14(11-16(20-2)7-4-8-16)9-12-5-6-13(17)10-15(12)18/h5-6,10,14,19H,3-4,7-9,11H2,1-2H3. The van der Waals surface area contributed by atoms with E-state index in [2.05, 4.69) is 12.2 Å². The molecule has 1 fully saturated rings. The third kappa shape index (κ3) is 3.88. The average Bonchev–Trinajstić information content (AvgIpc) is 2.37. The van der Waals surface area contributed by atoms with Crippen molar-refractivity contribution >= 4 is 23.2 Å². The second kappa shape index (κ2) is 7.13. The summed E-state index contributed by atoms with van der Waals surface area (Å²) >= 11 is 12.2. The van der Waals surface area contributed by atoms with E-state index in [1.807, 2.05) is 25.3 Å². The molecule has 1 atom stereocenters. The van der Waals surface area contributed by atoms with E-state index < -0.39 is 0 Å². The molecule has 0 aliphatic heterocycles. The molecule has 1 aromatic carbocycles. The molecule has 1 saturated carbocycles. The van der Waals surface area contributed by atoms with Gasteiger partial charge in [0.15, 0.2) is 0 Å². The molecule has 1 aliphatic carbocycles. The number of nitrogens with one attached hydrogen (secondary N) is 1. The lowest BCUT2D eigenvalue weighted by molar-refractivity contribution is -0.0833. The van der Waals surface area contributed by atoms with Gasteiger partial charge in [-0.1, -0.05) is 36.2 Å². The van der Waals surface area contributed by atoms with Gasteiger partial charge in [-0.3, -0.25) is 0 Å². The first-order valence-corrected chi connectivity index (χ1v) is 8.06. The Kier molecular flexibility index (Phi) is 5.74. The monoisotopic (exact) mass is 315 g/mol. The van der Waals surface area contributed by atoms with E-state index in [1.165, 1.54) is 19.3 Å². The van der Waals surface area contributed by atoms with Gasteiger partial charge in [0.25, 0.3) is 0 Å². The number of halogens is 2. The van der Waals surface area contributed by atoms with E-state index in [0.29, 0.717) is 11.1 Å². The summed E-state index contributed by atoms with van der Waals surface area (Å²) in [5.41, 5.74) is 1.22. The van der Waals surface area contributed by atoms with Crippen molar-refractivity contribution in [2.75, 3.05) is 13.7 Å². The van der Waals surface area contributed by atoms with Crippen molar-refractivity contribution in [3.63, 3.8) is 0 Å². The highest BCUT2D eigenvalue weighted by atomic mass is 35.5. The van der Waals surface area contributed by atoms with Crippen LogP contribution in [0.2, 0.25) is 10.0 Å². The van der Waals surface area contributed by atoms with E-state index in [-0.39, 0.29) is 5.60 Å². The first-order valence-electron chi connectivity index (χ1n) is 7.31. The fourth-order valence-corrected chi connectivity index (χ4v) is 3.46. The molecule has 0 saturated heterocycles. The van der Waals surface area contributed by atoms with Gasteiger partial charge in [0, 0.05) is 23.2 Å². The molecule has 1 aliphatic rings. The predicted octanol–water partition coefficient (Wildman–Crippen LogP) is 4.47. The Hall–Kier alpha value is -0.280. The molecule has 0 radical (unpaired) electrons. The fraction of sp³-hybridized carbons (Fsp3) is 0.625. The SMILES string of the molecule is CCNC(Cc1ccc(Cl)cc1Cl)CC1(OC)CCC1. The number of hydrogen-bond acceptors (Lipinski definition) is 2. The zero-order valence-corrected chi connectivity index (χ0v) is 13.7. The summed E-state index contributed by atoms with van der Waals surface area (Å²) in [6, 6.07) is 6.13. The first kappa shape index (κ1) is 16.1. The van der Waals surface area contributed by atoms with Crippen LogP contribution in [0.3, 0.4) is 0 Å². The number of ether oxygens (including phenoxy) is 1. The van der Waals surface area contributed by atoms with Gasteiger partial charge in [0.2, 0.25) is 0 Å². The molecule has 0 aromatic heterocycles. The van der Waals surface area contributed by atoms with Crippen LogP contribution in [-0.4, -0.2) is 25.3 Å². The minimum absolute atomic E-state index is 0.0751. The Balaban J connectivity index is 2.04. The largest absolute Gasteiger partial charge is 0.378 e. The van der Waals surface area contributed by atoms with Gasteiger partial charge in [0.05, 0.1) is 5.60 Å². The molecule has 2 nitrogen and oxygen atoms in total. The van der Waals surface area contributed by atoms with Crippen LogP contribution < -0.4 is 5.32 Å². The van der Waals surface area contributed by atoms with Gasteiger partial charge in [-0.15, -0.1) is 0 Å². The van der Waals surface area contributed by atoms with Crippen LogP contribution in [-0.2, 0) is 11.2 Å². The minimum Gasteiger partial charge on any atom is -0.378 e. The van der Waals surface area contributed by atoms with Crippen LogP contribution in [0.25, 0.3) is 0 Å². The summed E-state index contributed by atoms with van der Waals surface area (Å²) in [6.45, 7) is 3.09. The molecule has 0 heterocycles. The Morgan fingerprint density at radius 3 is 2.60 bits per heavy atom. The normalized spacial score (nSPS) is 18.6. The Morgan fingerprint density at radius 2 is 2.10 bits per heavy atom. The van der Waals surface area contributed by atoms with Gasteiger partial charge in [0.1, 0.15) is 0 Å². The minimum atomic E-state index is 0.0751.